The van der Waals surface area contributed by atoms with E-state index in [1.807, 2.05) is 12.1 Å². The van der Waals surface area contributed by atoms with Crippen LogP contribution in [-0.4, -0.2) is 27.9 Å². The number of ether oxygens (including phenoxy) is 1. The number of carbonyl (C=O) groups is 1. The van der Waals surface area contributed by atoms with Gasteiger partial charge in [0.2, 0.25) is 5.89 Å². The van der Waals surface area contributed by atoms with Crippen molar-refractivity contribution in [2.24, 2.45) is 5.73 Å². The zero-order valence-electron chi connectivity index (χ0n) is 18.3. The van der Waals surface area contributed by atoms with Gasteiger partial charge in [-0.1, -0.05) is 23.7 Å². The summed E-state index contributed by atoms with van der Waals surface area (Å²) in [6.45, 7) is 0.576. The number of amides is 1. The van der Waals surface area contributed by atoms with Gasteiger partial charge in [-0.25, -0.2) is 9.97 Å². The molecule has 11 heteroatoms. The van der Waals surface area contributed by atoms with Crippen molar-refractivity contribution >= 4 is 28.4 Å². The van der Waals surface area contributed by atoms with Gasteiger partial charge in [0.25, 0.3) is 5.91 Å². The second-order valence-electron chi connectivity index (χ2n) is 7.94. The van der Waals surface area contributed by atoms with Gasteiger partial charge < -0.3 is 19.8 Å². The van der Waals surface area contributed by atoms with Gasteiger partial charge in [-0.15, -0.1) is 0 Å². The van der Waals surface area contributed by atoms with Crippen molar-refractivity contribution in [3.8, 4) is 17.2 Å². The molecule has 0 spiro atoms. The summed E-state index contributed by atoms with van der Waals surface area (Å²) >= 11 is 6.27. The predicted molar refractivity (Wildman–Crippen MR) is 122 cm³/mol. The maximum atomic E-state index is 13.3. The van der Waals surface area contributed by atoms with E-state index in [9.17, 15) is 18.0 Å². The number of fused-ring (bicyclic) bond motifs is 2. The fourth-order valence-electron chi connectivity index (χ4n) is 4.15. The van der Waals surface area contributed by atoms with Crippen molar-refractivity contribution in [3.63, 3.8) is 0 Å². The molecule has 0 atom stereocenters. The summed E-state index contributed by atoms with van der Waals surface area (Å²) in [6.07, 6.45) is -4.62. The molecule has 0 fully saturated rings. The summed E-state index contributed by atoms with van der Waals surface area (Å²) in [6, 6.07) is 10.7. The molecule has 2 aromatic carbocycles. The fraction of sp³-hybridized carbons (Fsp3) is 0.208. The molecule has 4 aromatic rings. The molecule has 3 heterocycles. The third-order valence-corrected chi connectivity index (χ3v) is 6.21. The van der Waals surface area contributed by atoms with Crippen LogP contribution in [0.4, 0.5) is 13.2 Å². The monoisotopic (exact) mass is 502 g/mol. The number of rotatable bonds is 4. The van der Waals surface area contributed by atoms with Gasteiger partial charge in [0, 0.05) is 29.1 Å². The van der Waals surface area contributed by atoms with Crippen LogP contribution in [0.3, 0.4) is 0 Å². The van der Waals surface area contributed by atoms with Crippen molar-refractivity contribution < 1.29 is 27.1 Å². The van der Waals surface area contributed by atoms with Crippen LogP contribution in [0.1, 0.15) is 33.1 Å². The molecule has 180 valence electrons. The zero-order valence-corrected chi connectivity index (χ0v) is 19.1. The van der Waals surface area contributed by atoms with Crippen LogP contribution in [-0.2, 0) is 25.8 Å². The van der Waals surface area contributed by atoms with Gasteiger partial charge in [0.05, 0.1) is 13.7 Å². The Morgan fingerprint density at radius 3 is 2.66 bits per heavy atom. The Hall–Kier alpha value is -3.63. The molecule has 2 aromatic heterocycles. The minimum atomic E-state index is -4.62. The number of oxazole rings is 1. The minimum absolute atomic E-state index is 0.00941. The second kappa shape index (κ2) is 8.54. The number of pyridine rings is 1. The van der Waals surface area contributed by atoms with Crippen LogP contribution < -0.4 is 10.5 Å². The number of alkyl halides is 3. The van der Waals surface area contributed by atoms with Crippen molar-refractivity contribution in [3.05, 3.63) is 75.8 Å². The van der Waals surface area contributed by atoms with Crippen molar-refractivity contribution in [2.45, 2.75) is 25.8 Å². The summed E-state index contributed by atoms with van der Waals surface area (Å²) in [5.74, 6) is -0.0277. The molecule has 2 N–H and O–H groups in total. The van der Waals surface area contributed by atoms with E-state index < -0.39 is 11.9 Å². The number of aromatic nitrogens is 2. The number of hydrogen-bond donors (Lipinski definition) is 1. The summed E-state index contributed by atoms with van der Waals surface area (Å²) in [5, 5.41) is 0.898. The molecular weight excluding hydrogens is 485 g/mol. The van der Waals surface area contributed by atoms with Crippen LogP contribution in [0.5, 0.6) is 5.75 Å². The highest BCUT2D eigenvalue weighted by Crippen LogP contribution is 2.37. The van der Waals surface area contributed by atoms with E-state index in [0.29, 0.717) is 29.1 Å². The highest BCUT2D eigenvalue weighted by Gasteiger charge is 2.34. The normalized spacial score (nSPS) is 13.4. The van der Waals surface area contributed by atoms with Gasteiger partial charge in [0.15, 0.2) is 11.5 Å². The SMILES string of the molecule is COc1ccc(-c2nc(C(=O)N3Cc4cccc(Cl)c4C3)c(CN)o2)c2ccc(C(F)(F)F)nc12. The van der Waals surface area contributed by atoms with E-state index in [-0.39, 0.29) is 41.1 Å². The molecule has 0 aliphatic carbocycles. The van der Waals surface area contributed by atoms with Gasteiger partial charge in [-0.05, 0) is 41.5 Å². The minimum Gasteiger partial charge on any atom is -0.494 e. The molecule has 0 bridgehead atoms. The molecule has 7 nitrogen and oxygen atoms in total. The van der Waals surface area contributed by atoms with Crippen LogP contribution >= 0.6 is 11.6 Å². The highest BCUT2D eigenvalue weighted by atomic mass is 35.5. The molecule has 5 rings (SSSR count). The van der Waals surface area contributed by atoms with E-state index in [0.717, 1.165) is 17.2 Å². The smallest absolute Gasteiger partial charge is 0.433 e. The number of carbonyl (C=O) groups excluding carboxylic acids is 1. The third kappa shape index (κ3) is 3.98. The molecule has 0 unspecified atom stereocenters. The van der Waals surface area contributed by atoms with Gasteiger partial charge in [-0.3, -0.25) is 4.79 Å². The Morgan fingerprint density at radius 2 is 1.97 bits per heavy atom. The van der Waals surface area contributed by atoms with Crippen molar-refractivity contribution in [1.82, 2.24) is 14.9 Å². The maximum absolute atomic E-state index is 13.3. The summed E-state index contributed by atoms with van der Waals surface area (Å²) in [7, 11) is 1.34. The van der Waals surface area contributed by atoms with E-state index in [1.165, 1.54) is 19.2 Å². The van der Waals surface area contributed by atoms with Gasteiger partial charge in [0.1, 0.15) is 17.0 Å². The number of hydrogen-bond acceptors (Lipinski definition) is 6. The highest BCUT2D eigenvalue weighted by molar-refractivity contribution is 6.31. The molecule has 1 aliphatic rings. The number of benzene rings is 2. The molecule has 0 saturated carbocycles. The van der Waals surface area contributed by atoms with Gasteiger partial charge >= 0.3 is 6.18 Å². The third-order valence-electron chi connectivity index (χ3n) is 5.86. The number of nitrogens with two attached hydrogens (primary N) is 1. The molecule has 35 heavy (non-hydrogen) atoms. The first-order chi connectivity index (χ1) is 16.7. The van der Waals surface area contributed by atoms with Crippen molar-refractivity contribution in [2.75, 3.05) is 7.11 Å². The van der Waals surface area contributed by atoms with E-state index in [2.05, 4.69) is 9.97 Å². The van der Waals surface area contributed by atoms with E-state index in [4.69, 9.17) is 26.5 Å². The average Bonchev–Trinajstić information content (AvgIpc) is 3.47. The standard InChI is InChI=1S/C24H18ClF3N4O3/c1-34-17-7-5-14(13-6-8-19(24(26,27)28)30-20(13)17)22-31-21(18(9-29)35-22)23(33)32-10-12-3-2-4-16(25)15(12)11-32/h2-8H,9-11,29H2,1H3. The van der Waals surface area contributed by atoms with E-state index >= 15 is 0 Å². The van der Waals surface area contributed by atoms with Crippen LogP contribution in [0, 0.1) is 0 Å². The zero-order chi connectivity index (χ0) is 24.9. The molecule has 1 amide bonds. The lowest BCUT2D eigenvalue weighted by Gasteiger charge is -2.14. The lowest BCUT2D eigenvalue weighted by atomic mass is 10.1. The molecular formula is C24H18ClF3N4O3. The first-order valence-electron chi connectivity index (χ1n) is 10.5. The topological polar surface area (TPSA) is 94.5 Å². The molecule has 0 saturated heterocycles. The summed E-state index contributed by atoms with van der Waals surface area (Å²) < 4.78 is 50.7. The lowest BCUT2D eigenvalue weighted by Crippen LogP contribution is -2.27. The molecule has 0 radical (unpaired) electrons. The Kier molecular flexibility index (Phi) is 5.65. The number of halogens is 4. The summed E-state index contributed by atoms with van der Waals surface area (Å²) in [4.78, 5) is 23.0. The maximum Gasteiger partial charge on any atom is 0.433 e. The Balaban J connectivity index is 1.56. The van der Waals surface area contributed by atoms with E-state index in [1.54, 1.807) is 17.0 Å². The Labute approximate surface area is 202 Å². The van der Waals surface area contributed by atoms with Crippen LogP contribution in [0.25, 0.3) is 22.4 Å². The number of methoxy groups -OCH3 is 1. The quantitative estimate of drug-likeness (QED) is 0.413. The first-order valence-corrected chi connectivity index (χ1v) is 10.9. The van der Waals surface area contributed by atoms with Crippen LogP contribution in [0.15, 0.2) is 46.9 Å². The Morgan fingerprint density at radius 1 is 1.17 bits per heavy atom. The summed E-state index contributed by atoms with van der Waals surface area (Å²) in [5.41, 5.74) is 6.96. The molecule has 1 aliphatic heterocycles. The Bertz CT molecular complexity index is 1470. The lowest BCUT2D eigenvalue weighted by molar-refractivity contribution is -0.140. The number of nitrogens with zero attached hydrogens (tertiary/aromatic N) is 3. The first kappa shape index (κ1) is 23.1. The largest absolute Gasteiger partial charge is 0.494 e. The van der Waals surface area contributed by atoms with Crippen LogP contribution in [0.2, 0.25) is 5.02 Å². The fourth-order valence-corrected chi connectivity index (χ4v) is 4.40. The average molecular weight is 503 g/mol. The van der Waals surface area contributed by atoms with Gasteiger partial charge in [-0.2, -0.15) is 13.2 Å². The van der Waals surface area contributed by atoms with Crippen molar-refractivity contribution in [1.29, 1.82) is 0 Å². The predicted octanol–water partition coefficient (Wildman–Crippen LogP) is 5.19. The second-order valence-corrected chi connectivity index (χ2v) is 8.35.